The molecule has 144 valence electrons. The molecule has 6 heteroatoms. The van der Waals surface area contributed by atoms with Crippen molar-refractivity contribution in [1.82, 2.24) is 4.90 Å². The number of ketones is 1. The van der Waals surface area contributed by atoms with E-state index >= 15 is 0 Å². The minimum absolute atomic E-state index is 0.0352. The fraction of sp³-hybridized carbons (Fsp3) is 0.789. The Morgan fingerprint density at radius 3 is 2.12 bits per heavy atom. The van der Waals surface area contributed by atoms with E-state index in [0.29, 0.717) is 6.61 Å². The molecule has 1 heterocycles. The van der Waals surface area contributed by atoms with Crippen molar-refractivity contribution in [2.45, 2.75) is 85.2 Å². The third kappa shape index (κ3) is 5.41. The topological polar surface area (TPSA) is 55.8 Å². The zero-order valence-electron chi connectivity index (χ0n) is 17.6. The van der Waals surface area contributed by atoms with E-state index in [1.807, 2.05) is 34.6 Å². The summed E-state index contributed by atoms with van der Waals surface area (Å²) in [4.78, 5) is 26.4. The number of amides is 1. The van der Waals surface area contributed by atoms with Crippen LogP contribution in [0.1, 0.15) is 55.4 Å². The van der Waals surface area contributed by atoms with Crippen molar-refractivity contribution >= 4 is 20.2 Å². The van der Waals surface area contributed by atoms with Gasteiger partial charge in [0, 0.05) is 0 Å². The molecule has 0 N–H and O–H groups in total. The van der Waals surface area contributed by atoms with Gasteiger partial charge in [0.25, 0.3) is 0 Å². The number of carbonyl (C=O) groups excluding carboxylic acids is 2. The smallest absolute Gasteiger partial charge is 0.411 e. The van der Waals surface area contributed by atoms with Gasteiger partial charge in [-0.2, -0.15) is 0 Å². The lowest BCUT2D eigenvalue weighted by atomic mass is 9.95. The van der Waals surface area contributed by atoms with Crippen LogP contribution in [-0.2, 0) is 14.0 Å². The summed E-state index contributed by atoms with van der Waals surface area (Å²) in [7, 11) is -1.95. The van der Waals surface area contributed by atoms with Crippen molar-refractivity contribution in [1.29, 1.82) is 0 Å². The van der Waals surface area contributed by atoms with Crippen LogP contribution >= 0.6 is 0 Å². The molecule has 0 radical (unpaired) electrons. The lowest BCUT2D eigenvalue weighted by molar-refractivity contribution is -0.118. The Morgan fingerprint density at radius 1 is 1.16 bits per heavy atom. The Balaban J connectivity index is 3.07. The average Bonchev–Trinajstić information content (AvgIpc) is 2.40. The molecule has 0 fully saturated rings. The van der Waals surface area contributed by atoms with Crippen molar-refractivity contribution in [2.24, 2.45) is 0 Å². The minimum atomic E-state index is -1.95. The first-order valence-corrected chi connectivity index (χ1v) is 11.8. The van der Waals surface area contributed by atoms with Gasteiger partial charge in [-0.05, 0) is 63.9 Å². The van der Waals surface area contributed by atoms with Gasteiger partial charge in [0.15, 0.2) is 14.1 Å². The van der Waals surface area contributed by atoms with Gasteiger partial charge in [-0.1, -0.05) is 20.8 Å². The highest BCUT2D eigenvalue weighted by Crippen LogP contribution is 2.37. The molecule has 1 aliphatic rings. The van der Waals surface area contributed by atoms with Gasteiger partial charge in [0.1, 0.15) is 5.60 Å². The van der Waals surface area contributed by atoms with E-state index < -0.39 is 20.0 Å². The van der Waals surface area contributed by atoms with Gasteiger partial charge < -0.3 is 9.16 Å². The molecule has 1 atom stereocenters. The van der Waals surface area contributed by atoms with Crippen LogP contribution in [0.25, 0.3) is 0 Å². The third-order valence-corrected chi connectivity index (χ3v) is 9.74. The molecule has 0 spiro atoms. The summed E-state index contributed by atoms with van der Waals surface area (Å²) in [6, 6.07) is -0.262. The quantitative estimate of drug-likeness (QED) is 0.686. The van der Waals surface area contributed by atoms with Crippen LogP contribution in [0, 0.1) is 0 Å². The molecular weight excluding hydrogens is 334 g/mol. The van der Waals surface area contributed by atoms with Crippen molar-refractivity contribution in [3.05, 3.63) is 11.1 Å². The number of nitrogens with zero attached hydrogens (tertiary/aromatic N) is 1. The molecule has 0 aliphatic carbocycles. The number of hydrogen-bond donors (Lipinski definition) is 0. The van der Waals surface area contributed by atoms with Crippen molar-refractivity contribution in [2.75, 3.05) is 13.2 Å². The first-order chi connectivity index (χ1) is 11.1. The van der Waals surface area contributed by atoms with E-state index in [0.717, 1.165) is 11.1 Å². The van der Waals surface area contributed by atoms with Gasteiger partial charge in [0.05, 0.1) is 19.2 Å². The summed E-state index contributed by atoms with van der Waals surface area (Å²) in [6.45, 7) is 20.6. The van der Waals surface area contributed by atoms with Crippen LogP contribution in [0.4, 0.5) is 4.79 Å². The molecule has 1 amide bonds. The van der Waals surface area contributed by atoms with Crippen molar-refractivity contribution in [3.8, 4) is 0 Å². The van der Waals surface area contributed by atoms with Crippen molar-refractivity contribution < 1.29 is 18.8 Å². The summed E-state index contributed by atoms with van der Waals surface area (Å²) in [5, 5.41) is 0.0842. The highest BCUT2D eigenvalue weighted by Gasteiger charge is 2.41. The highest BCUT2D eigenvalue weighted by atomic mass is 28.4. The zero-order valence-corrected chi connectivity index (χ0v) is 18.6. The number of hydrogen-bond acceptors (Lipinski definition) is 4. The Kier molecular flexibility index (Phi) is 6.33. The largest absolute Gasteiger partial charge is 0.444 e. The number of carbonyl (C=O) groups is 2. The van der Waals surface area contributed by atoms with E-state index in [-0.39, 0.29) is 23.4 Å². The monoisotopic (exact) mass is 369 g/mol. The van der Waals surface area contributed by atoms with Gasteiger partial charge in [-0.15, -0.1) is 0 Å². The standard InChI is InChI=1S/C19H35NO4Si/c1-13-14(2)16(21)11-20(17(22)24-18(3,4)5)15(13)12-23-25(9,10)19(6,7)8/h15H,11-12H2,1-10H3. The molecule has 0 bridgehead atoms. The van der Waals surface area contributed by atoms with Gasteiger partial charge in [-0.3, -0.25) is 9.69 Å². The molecule has 5 nitrogen and oxygen atoms in total. The maximum Gasteiger partial charge on any atom is 0.411 e. The molecule has 0 saturated heterocycles. The van der Waals surface area contributed by atoms with Crippen molar-refractivity contribution in [3.63, 3.8) is 0 Å². The summed E-state index contributed by atoms with van der Waals surface area (Å²) in [5.41, 5.74) is 1.01. The maximum absolute atomic E-state index is 12.6. The summed E-state index contributed by atoms with van der Waals surface area (Å²) in [5.74, 6) is -0.0352. The van der Waals surface area contributed by atoms with E-state index in [1.54, 1.807) is 0 Å². The fourth-order valence-electron chi connectivity index (χ4n) is 2.32. The average molecular weight is 370 g/mol. The lowest BCUT2D eigenvalue weighted by Crippen LogP contribution is -2.53. The molecule has 25 heavy (non-hydrogen) atoms. The maximum atomic E-state index is 12.6. The molecule has 0 aromatic heterocycles. The lowest BCUT2D eigenvalue weighted by Gasteiger charge is -2.41. The Morgan fingerprint density at radius 2 is 1.68 bits per heavy atom. The van der Waals surface area contributed by atoms with E-state index in [4.69, 9.17) is 9.16 Å². The van der Waals surface area contributed by atoms with Crippen LogP contribution in [0.3, 0.4) is 0 Å². The third-order valence-electron chi connectivity index (χ3n) is 5.24. The van der Waals surface area contributed by atoms with Crippen LogP contribution in [0.15, 0.2) is 11.1 Å². The Labute approximate surface area is 153 Å². The van der Waals surface area contributed by atoms with Gasteiger partial charge >= 0.3 is 6.09 Å². The zero-order chi connectivity index (χ0) is 19.8. The number of ether oxygens (including phenoxy) is 1. The Bertz CT molecular complexity index is 567. The molecule has 1 rings (SSSR count). The minimum Gasteiger partial charge on any atom is -0.444 e. The van der Waals surface area contributed by atoms with Crippen LogP contribution in [0.5, 0.6) is 0 Å². The number of rotatable bonds is 3. The molecule has 0 aromatic rings. The van der Waals surface area contributed by atoms with Crippen LogP contribution in [0.2, 0.25) is 18.1 Å². The van der Waals surface area contributed by atoms with Crippen LogP contribution < -0.4 is 0 Å². The normalized spacial score (nSPS) is 20.2. The molecule has 0 aromatic carbocycles. The summed E-state index contributed by atoms with van der Waals surface area (Å²) >= 11 is 0. The Hall–Kier alpha value is -1.14. The van der Waals surface area contributed by atoms with E-state index in [9.17, 15) is 9.59 Å². The van der Waals surface area contributed by atoms with E-state index in [2.05, 4.69) is 33.9 Å². The fourth-order valence-corrected chi connectivity index (χ4v) is 3.33. The molecule has 0 saturated carbocycles. The molecule has 1 unspecified atom stereocenters. The second-order valence-electron chi connectivity index (χ2n) is 9.43. The SMILES string of the molecule is CC1=C(C)C(CO[Si](C)(C)C(C)(C)C)N(C(=O)OC(C)(C)C)CC1=O. The van der Waals surface area contributed by atoms with E-state index in [1.165, 1.54) is 4.90 Å². The van der Waals surface area contributed by atoms with Gasteiger partial charge in [-0.25, -0.2) is 4.79 Å². The molecule has 1 aliphatic heterocycles. The van der Waals surface area contributed by atoms with Gasteiger partial charge in [0.2, 0.25) is 0 Å². The molecular formula is C19H35NO4Si. The first-order valence-electron chi connectivity index (χ1n) is 8.91. The number of Topliss-reactive ketones (excluding diaryl/α,β-unsaturated/α-hetero) is 1. The summed E-state index contributed by atoms with van der Waals surface area (Å²) < 4.78 is 11.8. The van der Waals surface area contributed by atoms with Crippen LogP contribution in [-0.4, -0.2) is 49.9 Å². The summed E-state index contributed by atoms with van der Waals surface area (Å²) in [6.07, 6.45) is -0.462. The first kappa shape index (κ1) is 21.9. The second kappa shape index (κ2) is 7.23. The second-order valence-corrected chi connectivity index (χ2v) is 14.2. The predicted octanol–water partition coefficient (Wildman–Crippen LogP) is 4.53. The highest BCUT2D eigenvalue weighted by molar-refractivity contribution is 6.74. The predicted molar refractivity (Wildman–Crippen MR) is 103 cm³/mol.